The zero-order valence-corrected chi connectivity index (χ0v) is 23.2. The van der Waals surface area contributed by atoms with Crippen LogP contribution in [-0.2, 0) is 30.4 Å². The molecule has 0 aliphatic heterocycles. The van der Waals surface area contributed by atoms with Gasteiger partial charge in [-0.1, -0.05) is 24.3 Å². The molecule has 0 bridgehead atoms. The van der Waals surface area contributed by atoms with Gasteiger partial charge in [0.25, 0.3) is 0 Å². The highest BCUT2D eigenvalue weighted by atomic mass is 32.2. The molecule has 0 fully saturated rings. The van der Waals surface area contributed by atoms with E-state index in [9.17, 15) is 18.9 Å². The molecule has 0 radical (unpaired) electrons. The molecule has 0 saturated carbocycles. The maximum Gasteiger partial charge on any atom is 0.442 e. The molecular weight excluding hydrogens is 522 g/mol. The number of nitrogens with one attached hydrogen (secondary N) is 2. The Bertz CT molecular complexity index is 1420. The highest BCUT2D eigenvalue weighted by Gasteiger charge is 2.14. The summed E-state index contributed by atoms with van der Waals surface area (Å²) in [5.41, 5.74) is 3.17. The predicted octanol–water partition coefficient (Wildman–Crippen LogP) is 4.40. The van der Waals surface area contributed by atoms with Gasteiger partial charge in [0.1, 0.15) is 5.82 Å². The third-order valence-corrected chi connectivity index (χ3v) is 7.24. The van der Waals surface area contributed by atoms with E-state index in [0.29, 0.717) is 28.8 Å². The number of methoxy groups -OCH3 is 1. The van der Waals surface area contributed by atoms with E-state index in [1.165, 1.54) is 13.4 Å². The molecule has 0 aliphatic carbocycles. The highest BCUT2D eigenvalue weighted by Crippen LogP contribution is 2.29. The number of hydrogen-bond acceptors (Lipinski definition) is 10. The Morgan fingerprint density at radius 1 is 1.18 bits per heavy atom. The van der Waals surface area contributed by atoms with Crippen molar-refractivity contribution in [1.82, 2.24) is 9.97 Å². The van der Waals surface area contributed by atoms with Crippen LogP contribution in [0, 0.1) is 0 Å². The fourth-order valence-electron chi connectivity index (χ4n) is 3.55. The summed E-state index contributed by atoms with van der Waals surface area (Å²) >= 11 is 0. The molecule has 1 heterocycles. The van der Waals surface area contributed by atoms with Gasteiger partial charge < -0.3 is 25.2 Å². The summed E-state index contributed by atoms with van der Waals surface area (Å²) in [6.45, 7) is 3.53. The molecule has 208 valence electrons. The lowest BCUT2D eigenvalue weighted by Crippen LogP contribution is -2.21. The largest absolute Gasteiger partial charge is 0.469 e. The molecule has 39 heavy (non-hydrogen) atoms. The first-order chi connectivity index (χ1) is 18.6. The van der Waals surface area contributed by atoms with Crippen molar-refractivity contribution in [3.8, 4) is 11.1 Å². The Kier molecular flexibility index (Phi) is 10.4. The van der Waals surface area contributed by atoms with Crippen molar-refractivity contribution in [2.24, 2.45) is 4.36 Å². The fourth-order valence-corrected chi connectivity index (χ4v) is 4.63. The molecule has 12 heteroatoms. The zero-order valence-electron chi connectivity index (χ0n) is 22.3. The number of nitrogens with zero attached hydrogens (tertiary/aromatic N) is 3. The van der Waals surface area contributed by atoms with Crippen LogP contribution in [0.3, 0.4) is 0 Å². The average Bonchev–Trinajstić information content (AvgIpc) is 2.92. The van der Waals surface area contributed by atoms with E-state index in [0.717, 1.165) is 16.7 Å². The van der Waals surface area contributed by atoms with Crippen LogP contribution in [0.15, 0.2) is 64.0 Å². The van der Waals surface area contributed by atoms with Crippen molar-refractivity contribution in [3.63, 3.8) is 0 Å². The van der Waals surface area contributed by atoms with E-state index in [1.54, 1.807) is 37.4 Å². The molecular formula is C27H33N5O6S. The lowest BCUT2D eigenvalue weighted by molar-refractivity contribution is -0.140. The van der Waals surface area contributed by atoms with Gasteiger partial charge in [0.05, 0.1) is 30.1 Å². The smallest absolute Gasteiger partial charge is 0.442 e. The minimum atomic E-state index is -2.96. The number of amides is 1. The number of ether oxygens (including phenoxy) is 2. The number of esters is 1. The van der Waals surface area contributed by atoms with Crippen LogP contribution in [0.2, 0.25) is 0 Å². The van der Waals surface area contributed by atoms with Gasteiger partial charge in [-0.25, -0.2) is 14.0 Å². The van der Waals surface area contributed by atoms with Crippen LogP contribution in [-0.4, -0.2) is 64.0 Å². The predicted molar refractivity (Wildman–Crippen MR) is 149 cm³/mol. The summed E-state index contributed by atoms with van der Waals surface area (Å²) < 4.78 is 26.0. The summed E-state index contributed by atoms with van der Waals surface area (Å²) in [5, 5.41) is 15.9. The number of anilines is 3. The Morgan fingerprint density at radius 3 is 2.59 bits per heavy atom. The lowest BCUT2D eigenvalue weighted by Gasteiger charge is -2.17. The normalized spacial score (nSPS) is 13.1. The van der Waals surface area contributed by atoms with Crippen LogP contribution in [0.25, 0.3) is 11.1 Å². The van der Waals surface area contributed by atoms with Gasteiger partial charge in [0, 0.05) is 41.1 Å². The van der Waals surface area contributed by atoms with Crippen molar-refractivity contribution in [1.29, 1.82) is 0 Å². The Morgan fingerprint density at radius 2 is 1.92 bits per heavy atom. The number of aryl methyl sites for hydroxylation is 1. The van der Waals surface area contributed by atoms with Gasteiger partial charge in [-0.15, -0.1) is 4.36 Å². The lowest BCUT2D eigenvalue weighted by atomic mass is 10.0. The third kappa shape index (κ3) is 8.48. The maximum absolute atomic E-state index is 12.8. The molecule has 3 rings (SSSR count). The number of hydrogen-bond donors (Lipinski definition) is 3. The number of aliphatic hydroxyl groups is 1. The molecule has 0 aliphatic rings. The molecule has 3 aromatic rings. The van der Waals surface area contributed by atoms with E-state index in [-0.39, 0.29) is 31.6 Å². The second kappa shape index (κ2) is 13.7. The first kappa shape index (κ1) is 29.5. The minimum Gasteiger partial charge on any atom is -0.469 e. The summed E-state index contributed by atoms with van der Waals surface area (Å²) in [7, 11) is -1.60. The van der Waals surface area contributed by atoms with E-state index in [1.807, 2.05) is 31.2 Å². The second-order valence-corrected chi connectivity index (χ2v) is 11.0. The summed E-state index contributed by atoms with van der Waals surface area (Å²) in [5.74, 6) is 0.538. The van der Waals surface area contributed by atoms with Crippen LogP contribution < -0.4 is 10.6 Å². The number of aromatic nitrogens is 2. The Labute approximate surface area is 228 Å². The van der Waals surface area contributed by atoms with Crippen LogP contribution in [0.4, 0.5) is 22.2 Å². The van der Waals surface area contributed by atoms with E-state index in [2.05, 4.69) is 25.0 Å². The molecule has 11 nitrogen and oxygen atoms in total. The standard InChI is InChI=1S/C27H33N5O6S/c1-5-38-27(35)32-39(4,36)22-12-10-21(11-13-22)30-26-28-16-23(25(31-26)29-18(2)17-33)20-8-6-7-19(15-20)9-14-24(34)37-3/h6-8,10-13,15-16,18,33H,5,9,14,17H2,1-4H3,(H2,28,29,30,31)/t18-,39?/m1/s1. The molecule has 1 amide bonds. The van der Waals surface area contributed by atoms with Gasteiger partial charge >= 0.3 is 12.1 Å². The van der Waals surface area contributed by atoms with Crippen molar-refractivity contribution < 1.29 is 28.4 Å². The Balaban J connectivity index is 1.86. The van der Waals surface area contributed by atoms with E-state index >= 15 is 0 Å². The van der Waals surface area contributed by atoms with Crippen molar-refractivity contribution >= 4 is 39.2 Å². The monoisotopic (exact) mass is 555 g/mol. The molecule has 3 N–H and O–H groups in total. The zero-order chi connectivity index (χ0) is 28.4. The molecule has 2 aromatic carbocycles. The van der Waals surface area contributed by atoms with Crippen LogP contribution in [0.5, 0.6) is 0 Å². The topological polar surface area (TPSA) is 152 Å². The number of benzene rings is 2. The number of carbonyl (C=O) groups excluding carboxylic acids is 2. The molecule has 0 saturated heterocycles. The number of rotatable bonds is 11. The second-order valence-electron chi connectivity index (χ2n) is 8.70. The maximum atomic E-state index is 12.8. The van der Waals surface area contributed by atoms with Crippen molar-refractivity contribution in [2.45, 2.75) is 37.6 Å². The SMILES string of the molecule is CCOC(=O)N=S(C)(=O)c1ccc(Nc2ncc(-c3cccc(CCC(=O)OC)c3)c(N[C@H](C)CO)n2)cc1. The van der Waals surface area contributed by atoms with Gasteiger partial charge in [-0.05, 0) is 55.7 Å². The average molecular weight is 556 g/mol. The van der Waals surface area contributed by atoms with Gasteiger partial charge in [0.15, 0.2) is 0 Å². The summed E-state index contributed by atoms with van der Waals surface area (Å²) in [6.07, 6.45) is 2.98. The molecule has 1 aromatic heterocycles. The fraction of sp³-hybridized carbons (Fsp3) is 0.333. The third-order valence-electron chi connectivity index (χ3n) is 5.59. The van der Waals surface area contributed by atoms with Gasteiger partial charge in [-0.2, -0.15) is 4.98 Å². The highest BCUT2D eigenvalue weighted by molar-refractivity contribution is 7.93. The van der Waals surface area contributed by atoms with Gasteiger partial charge in [-0.3, -0.25) is 4.79 Å². The molecule has 1 unspecified atom stereocenters. The summed E-state index contributed by atoms with van der Waals surface area (Å²) in [6, 6.07) is 14.0. The summed E-state index contributed by atoms with van der Waals surface area (Å²) in [4.78, 5) is 32.7. The van der Waals surface area contributed by atoms with Gasteiger partial charge in [0.2, 0.25) is 5.95 Å². The van der Waals surface area contributed by atoms with Crippen molar-refractivity contribution in [3.05, 3.63) is 60.3 Å². The first-order valence-electron chi connectivity index (χ1n) is 12.3. The van der Waals surface area contributed by atoms with Crippen LogP contribution in [0.1, 0.15) is 25.8 Å². The molecule has 0 spiro atoms. The first-order valence-corrected chi connectivity index (χ1v) is 14.2. The number of aliphatic hydroxyl groups excluding tert-OH is 1. The van der Waals surface area contributed by atoms with Crippen LogP contribution >= 0.6 is 0 Å². The van der Waals surface area contributed by atoms with E-state index in [4.69, 9.17) is 9.47 Å². The number of carbonyl (C=O) groups is 2. The Hall–Kier alpha value is -4.03. The minimum absolute atomic E-state index is 0.0972. The quantitative estimate of drug-likeness (QED) is 0.290. The molecule has 2 atom stereocenters. The van der Waals surface area contributed by atoms with Crippen molar-refractivity contribution in [2.75, 3.05) is 37.2 Å². The van der Waals surface area contributed by atoms with E-state index < -0.39 is 15.8 Å².